The largest absolute Gasteiger partial charge is 0.462 e. The van der Waals surface area contributed by atoms with Crippen LogP contribution in [0.5, 0.6) is 0 Å². The van der Waals surface area contributed by atoms with Gasteiger partial charge in [0.15, 0.2) is 5.82 Å². The Balaban J connectivity index is 1.96. The molecule has 0 bridgehead atoms. The molecule has 2 aromatic carbocycles. The monoisotopic (exact) mass is 387 g/mol. The highest BCUT2D eigenvalue weighted by Crippen LogP contribution is 2.33. The zero-order chi connectivity index (χ0) is 20.1. The maximum Gasteiger partial charge on any atom is 0.344 e. The third-order valence-electron chi connectivity index (χ3n) is 5.10. The minimum Gasteiger partial charge on any atom is -0.462 e. The first kappa shape index (κ1) is 19.1. The van der Waals surface area contributed by atoms with E-state index in [1.807, 2.05) is 67.6 Å². The number of hydrogen-bond acceptors (Lipinski definition) is 5. The van der Waals surface area contributed by atoms with Gasteiger partial charge < -0.3 is 9.64 Å². The molecular weight excluding hydrogens is 362 g/mol. The molecule has 1 aliphatic heterocycles. The summed E-state index contributed by atoms with van der Waals surface area (Å²) in [5, 5.41) is 0. The molecule has 0 saturated carbocycles. The lowest BCUT2D eigenvalue weighted by Crippen LogP contribution is -2.32. The van der Waals surface area contributed by atoms with E-state index >= 15 is 0 Å². The topological polar surface area (TPSA) is 55.3 Å². The van der Waals surface area contributed by atoms with Crippen LogP contribution in [0.3, 0.4) is 0 Å². The fourth-order valence-corrected chi connectivity index (χ4v) is 3.70. The minimum absolute atomic E-state index is 0.312. The van der Waals surface area contributed by atoms with E-state index in [4.69, 9.17) is 14.7 Å². The molecule has 1 aromatic heterocycles. The van der Waals surface area contributed by atoms with E-state index in [-0.39, 0.29) is 5.97 Å². The Labute approximate surface area is 171 Å². The standard InChI is InChI=1S/C24H25N3O2/c1-2-29-24(28)20-21(18-12-6-3-7-13-18)25-22(19-14-8-4-9-15-19)26-23(20)27-16-10-5-11-17-27/h3-4,6-9,12-15H,2,5,10-11,16-17H2,1H3. The van der Waals surface area contributed by atoms with Gasteiger partial charge in [-0.05, 0) is 26.2 Å². The van der Waals surface area contributed by atoms with Crippen molar-refractivity contribution in [2.24, 2.45) is 0 Å². The van der Waals surface area contributed by atoms with Crippen molar-refractivity contribution in [3.8, 4) is 22.6 Å². The summed E-state index contributed by atoms with van der Waals surface area (Å²) in [4.78, 5) is 24.9. The number of aromatic nitrogens is 2. The van der Waals surface area contributed by atoms with Crippen molar-refractivity contribution < 1.29 is 9.53 Å². The highest BCUT2D eigenvalue weighted by atomic mass is 16.5. The second kappa shape index (κ2) is 8.86. The lowest BCUT2D eigenvalue weighted by atomic mass is 10.0. The van der Waals surface area contributed by atoms with Crippen LogP contribution in [0.2, 0.25) is 0 Å². The second-order valence-electron chi connectivity index (χ2n) is 7.09. The molecular formula is C24H25N3O2. The molecule has 29 heavy (non-hydrogen) atoms. The van der Waals surface area contributed by atoms with E-state index in [2.05, 4.69) is 4.90 Å². The van der Waals surface area contributed by atoms with Crippen molar-refractivity contribution in [3.05, 3.63) is 66.2 Å². The summed E-state index contributed by atoms with van der Waals surface area (Å²) in [6.07, 6.45) is 3.38. The summed E-state index contributed by atoms with van der Waals surface area (Å²) in [5.41, 5.74) is 2.89. The van der Waals surface area contributed by atoms with Gasteiger partial charge in [-0.15, -0.1) is 0 Å². The van der Waals surface area contributed by atoms with Gasteiger partial charge in [0.1, 0.15) is 11.4 Å². The van der Waals surface area contributed by atoms with Crippen molar-refractivity contribution in [2.75, 3.05) is 24.6 Å². The van der Waals surface area contributed by atoms with E-state index in [1.165, 1.54) is 6.42 Å². The van der Waals surface area contributed by atoms with Crippen LogP contribution < -0.4 is 4.90 Å². The van der Waals surface area contributed by atoms with Crippen LogP contribution in [-0.2, 0) is 4.74 Å². The molecule has 5 heteroatoms. The van der Waals surface area contributed by atoms with Gasteiger partial charge >= 0.3 is 5.97 Å². The number of carbonyl (C=O) groups excluding carboxylic acids is 1. The Hall–Kier alpha value is -3.21. The number of carbonyl (C=O) groups is 1. The first-order valence-corrected chi connectivity index (χ1v) is 10.2. The Morgan fingerprint density at radius 2 is 1.52 bits per heavy atom. The SMILES string of the molecule is CCOC(=O)c1c(-c2ccccc2)nc(-c2ccccc2)nc1N1CCCCC1. The normalized spacial score (nSPS) is 13.9. The van der Waals surface area contributed by atoms with Crippen molar-refractivity contribution in [1.82, 2.24) is 9.97 Å². The molecule has 0 spiro atoms. The molecule has 148 valence electrons. The summed E-state index contributed by atoms with van der Waals surface area (Å²) < 4.78 is 5.42. The molecule has 0 amide bonds. The average molecular weight is 387 g/mol. The number of hydrogen-bond donors (Lipinski definition) is 0. The van der Waals surface area contributed by atoms with Crippen molar-refractivity contribution >= 4 is 11.8 Å². The molecule has 1 fully saturated rings. The highest BCUT2D eigenvalue weighted by Gasteiger charge is 2.27. The third kappa shape index (κ3) is 4.14. The zero-order valence-electron chi connectivity index (χ0n) is 16.7. The van der Waals surface area contributed by atoms with Crippen LogP contribution in [0.15, 0.2) is 60.7 Å². The summed E-state index contributed by atoms with van der Waals surface area (Å²) in [5.74, 6) is 0.931. The molecule has 0 radical (unpaired) electrons. The number of benzene rings is 2. The van der Waals surface area contributed by atoms with Crippen molar-refractivity contribution in [1.29, 1.82) is 0 Å². The van der Waals surface area contributed by atoms with Gasteiger partial charge in [-0.2, -0.15) is 0 Å². The third-order valence-corrected chi connectivity index (χ3v) is 5.10. The van der Waals surface area contributed by atoms with E-state index in [9.17, 15) is 4.79 Å². The van der Waals surface area contributed by atoms with Gasteiger partial charge in [-0.1, -0.05) is 60.7 Å². The summed E-state index contributed by atoms with van der Waals surface area (Å²) in [6.45, 7) is 3.89. The maximum absolute atomic E-state index is 13.0. The van der Waals surface area contributed by atoms with Gasteiger partial charge in [-0.3, -0.25) is 0 Å². The molecule has 0 aliphatic carbocycles. The van der Waals surface area contributed by atoms with Crippen molar-refractivity contribution in [2.45, 2.75) is 26.2 Å². The smallest absolute Gasteiger partial charge is 0.344 e. The first-order chi connectivity index (χ1) is 14.3. The highest BCUT2D eigenvalue weighted by molar-refractivity contribution is 6.01. The molecule has 1 aliphatic rings. The van der Waals surface area contributed by atoms with Gasteiger partial charge in [0, 0.05) is 24.2 Å². The quantitative estimate of drug-likeness (QED) is 0.578. The second-order valence-corrected chi connectivity index (χ2v) is 7.09. The lowest BCUT2D eigenvalue weighted by molar-refractivity contribution is 0.0527. The van der Waals surface area contributed by atoms with E-state index in [0.29, 0.717) is 29.5 Å². The average Bonchev–Trinajstić information content (AvgIpc) is 2.80. The van der Waals surface area contributed by atoms with Crippen LogP contribution in [-0.4, -0.2) is 35.6 Å². The number of rotatable bonds is 5. The van der Waals surface area contributed by atoms with Crippen LogP contribution in [0.4, 0.5) is 5.82 Å². The first-order valence-electron chi connectivity index (χ1n) is 10.2. The summed E-state index contributed by atoms with van der Waals surface area (Å²) >= 11 is 0. The van der Waals surface area contributed by atoms with E-state index in [1.54, 1.807) is 0 Å². The Morgan fingerprint density at radius 3 is 2.14 bits per heavy atom. The van der Waals surface area contributed by atoms with Crippen LogP contribution in [0.25, 0.3) is 22.6 Å². The molecule has 1 saturated heterocycles. The molecule has 2 heterocycles. The predicted molar refractivity (Wildman–Crippen MR) is 115 cm³/mol. The molecule has 0 atom stereocenters. The number of anilines is 1. The summed E-state index contributed by atoms with van der Waals surface area (Å²) in [6, 6.07) is 19.7. The Morgan fingerprint density at radius 1 is 0.897 bits per heavy atom. The van der Waals surface area contributed by atoms with Crippen LogP contribution >= 0.6 is 0 Å². The number of nitrogens with zero attached hydrogens (tertiary/aromatic N) is 3. The lowest BCUT2D eigenvalue weighted by Gasteiger charge is -2.30. The minimum atomic E-state index is -0.369. The number of piperidine rings is 1. The van der Waals surface area contributed by atoms with Gasteiger partial charge in [-0.25, -0.2) is 14.8 Å². The summed E-state index contributed by atoms with van der Waals surface area (Å²) in [7, 11) is 0. The van der Waals surface area contributed by atoms with Crippen LogP contribution in [0.1, 0.15) is 36.5 Å². The Bertz CT molecular complexity index is 968. The predicted octanol–water partition coefficient (Wildman–Crippen LogP) is 4.98. The fraction of sp³-hybridized carbons (Fsp3) is 0.292. The van der Waals surface area contributed by atoms with E-state index < -0.39 is 0 Å². The van der Waals surface area contributed by atoms with Gasteiger partial charge in [0.2, 0.25) is 0 Å². The molecule has 0 N–H and O–H groups in total. The molecule has 5 nitrogen and oxygen atoms in total. The zero-order valence-corrected chi connectivity index (χ0v) is 16.7. The molecule has 4 rings (SSSR count). The van der Waals surface area contributed by atoms with Crippen LogP contribution in [0, 0.1) is 0 Å². The number of esters is 1. The van der Waals surface area contributed by atoms with Gasteiger partial charge in [0.05, 0.1) is 12.3 Å². The van der Waals surface area contributed by atoms with E-state index in [0.717, 1.165) is 37.1 Å². The Kier molecular flexibility index (Phi) is 5.84. The maximum atomic E-state index is 13.0. The molecule has 0 unspecified atom stereocenters. The van der Waals surface area contributed by atoms with Crippen molar-refractivity contribution in [3.63, 3.8) is 0 Å². The molecule has 3 aromatic rings. The van der Waals surface area contributed by atoms with Gasteiger partial charge in [0.25, 0.3) is 0 Å². The fourth-order valence-electron chi connectivity index (χ4n) is 3.70. The number of ether oxygens (including phenoxy) is 1.